The molecule has 0 radical (unpaired) electrons. The lowest BCUT2D eigenvalue weighted by atomic mass is 10.1. The fraction of sp³-hybridized carbons (Fsp3) is 0.364. The first-order chi connectivity index (χ1) is 7.24. The number of hydrogen-bond acceptors (Lipinski definition) is 2. The van der Waals surface area contributed by atoms with Crippen molar-refractivity contribution in [1.82, 2.24) is 0 Å². The van der Waals surface area contributed by atoms with Crippen molar-refractivity contribution in [1.29, 1.82) is 0 Å². The van der Waals surface area contributed by atoms with Gasteiger partial charge in [-0.05, 0) is 19.3 Å². The van der Waals surface area contributed by atoms with Crippen molar-refractivity contribution in [2.75, 3.05) is 6.61 Å². The molecule has 0 aromatic heterocycles. The topological polar surface area (TPSA) is 33.8 Å². The molecule has 0 amide bonds. The first kappa shape index (κ1) is 9.78. The van der Waals surface area contributed by atoms with Crippen LogP contribution in [0.25, 0.3) is 4.85 Å². The van der Waals surface area contributed by atoms with Gasteiger partial charge in [-0.2, -0.15) is 0 Å². The van der Waals surface area contributed by atoms with Crippen LogP contribution in [0.15, 0.2) is 6.07 Å². The van der Waals surface area contributed by atoms with E-state index in [0.29, 0.717) is 18.6 Å². The smallest absolute Gasteiger partial charge is 0.263 e. The Morgan fingerprint density at radius 1 is 1.47 bits per heavy atom. The highest BCUT2D eigenvalue weighted by Crippen LogP contribution is 2.41. The van der Waals surface area contributed by atoms with Crippen molar-refractivity contribution in [2.24, 2.45) is 0 Å². The molecule has 2 rings (SSSR count). The van der Waals surface area contributed by atoms with Gasteiger partial charge >= 0.3 is 0 Å². The lowest BCUT2D eigenvalue weighted by Gasteiger charge is -2.11. The summed E-state index contributed by atoms with van der Waals surface area (Å²) in [6.45, 7) is 7.36. The van der Waals surface area contributed by atoms with E-state index in [9.17, 15) is 9.50 Å². The maximum absolute atomic E-state index is 13.3. The zero-order valence-corrected chi connectivity index (χ0v) is 8.09. The third kappa shape index (κ3) is 1.61. The average Bonchev–Trinajstić information content (AvgIpc) is 2.44. The monoisotopic (exact) mass is 207 g/mol. The quantitative estimate of drug-likeness (QED) is 0.663. The molecule has 1 aliphatic heterocycles. The molecule has 1 N–H and O–H groups in total. The summed E-state index contributed by atoms with van der Waals surface area (Å²) in [6, 6.07) is 0.987. The van der Waals surface area contributed by atoms with Gasteiger partial charge in [0, 0.05) is 11.6 Å². The van der Waals surface area contributed by atoms with Gasteiger partial charge in [0.15, 0.2) is 0 Å². The number of halogens is 1. The largest absolute Gasteiger partial charge is 0.508 e. The molecule has 78 valence electrons. The van der Waals surface area contributed by atoms with Crippen LogP contribution >= 0.6 is 0 Å². The van der Waals surface area contributed by atoms with E-state index in [1.807, 2.05) is 0 Å². The number of aromatic hydroxyl groups is 1. The summed E-state index contributed by atoms with van der Waals surface area (Å²) < 4.78 is 18.6. The number of rotatable bonds is 0. The summed E-state index contributed by atoms with van der Waals surface area (Å²) in [5.41, 5.74) is 0.435. The van der Waals surface area contributed by atoms with Gasteiger partial charge in [-0.3, -0.25) is 0 Å². The first-order valence-corrected chi connectivity index (χ1v) is 4.78. The Kier molecular flexibility index (Phi) is 2.46. The SMILES string of the molecule is [C-]#[N+]c1c(F)cc(O)c2c1OCCCC2. The molecule has 15 heavy (non-hydrogen) atoms. The van der Waals surface area contributed by atoms with E-state index in [1.165, 1.54) is 0 Å². The van der Waals surface area contributed by atoms with E-state index in [1.54, 1.807) is 0 Å². The van der Waals surface area contributed by atoms with E-state index < -0.39 is 5.82 Å². The summed E-state index contributed by atoms with van der Waals surface area (Å²) in [5, 5.41) is 9.56. The van der Waals surface area contributed by atoms with E-state index in [-0.39, 0.29) is 17.2 Å². The van der Waals surface area contributed by atoms with Gasteiger partial charge in [-0.25, -0.2) is 9.24 Å². The Labute approximate surface area is 86.9 Å². The average molecular weight is 207 g/mol. The molecule has 0 saturated heterocycles. The highest BCUT2D eigenvalue weighted by Gasteiger charge is 2.21. The van der Waals surface area contributed by atoms with Gasteiger partial charge in [-0.1, -0.05) is 0 Å². The zero-order valence-electron chi connectivity index (χ0n) is 8.09. The second-order valence-corrected chi connectivity index (χ2v) is 3.45. The minimum atomic E-state index is -0.719. The molecule has 0 unspecified atom stereocenters. The van der Waals surface area contributed by atoms with E-state index in [4.69, 9.17) is 11.3 Å². The minimum Gasteiger partial charge on any atom is -0.508 e. The van der Waals surface area contributed by atoms with Gasteiger partial charge in [0.05, 0.1) is 13.2 Å². The van der Waals surface area contributed by atoms with Gasteiger partial charge < -0.3 is 9.84 Å². The van der Waals surface area contributed by atoms with Gasteiger partial charge in [0.1, 0.15) is 17.3 Å². The van der Waals surface area contributed by atoms with Crippen molar-refractivity contribution in [3.63, 3.8) is 0 Å². The van der Waals surface area contributed by atoms with Crippen molar-refractivity contribution in [3.05, 3.63) is 28.9 Å². The van der Waals surface area contributed by atoms with Crippen molar-refractivity contribution in [3.8, 4) is 11.5 Å². The summed E-state index contributed by atoms with van der Waals surface area (Å²) >= 11 is 0. The Bertz CT molecular complexity index is 437. The van der Waals surface area contributed by atoms with E-state index >= 15 is 0 Å². The van der Waals surface area contributed by atoms with Crippen molar-refractivity contribution >= 4 is 5.69 Å². The second-order valence-electron chi connectivity index (χ2n) is 3.45. The molecule has 0 aliphatic carbocycles. The highest BCUT2D eigenvalue weighted by atomic mass is 19.1. The summed E-state index contributed by atoms with van der Waals surface area (Å²) in [6.07, 6.45) is 2.36. The Balaban J connectivity index is 2.64. The maximum Gasteiger partial charge on any atom is 0.263 e. The number of phenolic OH excluding ortho intramolecular Hbond substituents is 1. The van der Waals surface area contributed by atoms with E-state index in [2.05, 4.69) is 4.85 Å². The molecule has 1 aromatic rings. The first-order valence-electron chi connectivity index (χ1n) is 4.78. The Morgan fingerprint density at radius 3 is 3.00 bits per heavy atom. The van der Waals surface area contributed by atoms with Crippen LogP contribution in [-0.4, -0.2) is 11.7 Å². The van der Waals surface area contributed by atoms with Crippen LogP contribution in [0.1, 0.15) is 18.4 Å². The predicted octanol–water partition coefficient (Wildman–Crippen LogP) is 2.80. The van der Waals surface area contributed by atoms with Crippen LogP contribution in [-0.2, 0) is 6.42 Å². The highest BCUT2D eigenvalue weighted by molar-refractivity contribution is 5.66. The molecule has 0 bridgehead atoms. The van der Waals surface area contributed by atoms with Crippen LogP contribution in [0.3, 0.4) is 0 Å². The second kappa shape index (κ2) is 3.77. The van der Waals surface area contributed by atoms with Crippen molar-refractivity contribution < 1.29 is 14.2 Å². The van der Waals surface area contributed by atoms with Crippen LogP contribution in [0.5, 0.6) is 11.5 Å². The van der Waals surface area contributed by atoms with E-state index in [0.717, 1.165) is 18.9 Å². The predicted molar refractivity (Wildman–Crippen MR) is 52.8 cm³/mol. The number of nitrogens with zero attached hydrogens (tertiary/aromatic N) is 1. The molecule has 3 nitrogen and oxygen atoms in total. The van der Waals surface area contributed by atoms with Crippen molar-refractivity contribution in [2.45, 2.75) is 19.3 Å². The van der Waals surface area contributed by atoms with Gasteiger partial charge in [0.25, 0.3) is 5.69 Å². The molecule has 1 aromatic carbocycles. The lowest BCUT2D eigenvalue weighted by molar-refractivity contribution is 0.316. The molecule has 1 heterocycles. The fourth-order valence-electron chi connectivity index (χ4n) is 1.72. The van der Waals surface area contributed by atoms with Crippen LogP contribution < -0.4 is 4.74 Å². The minimum absolute atomic E-state index is 0.114. The van der Waals surface area contributed by atoms with Crippen LogP contribution in [0.4, 0.5) is 10.1 Å². The number of benzene rings is 1. The summed E-state index contributed by atoms with van der Waals surface area (Å²) in [7, 11) is 0. The standard InChI is InChI=1S/C11H10FNO2/c1-13-10-8(12)6-9(14)7-4-2-3-5-15-11(7)10/h6,14H,2-5H2. The summed E-state index contributed by atoms with van der Waals surface area (Å²) in [4.78, 5) is 3.11. The maximum atomic E-state index is 13.3. The van der Waals surface area contributed by atoms with Crippen LogP contribution in [0, 0.1) is 12.4 Å². The third-order valence-corrected chi connectivity index (χ3v) is 2.47. The fourth-order valence-corrected chi connectivity index (χ4v) is 1.72. The van der Waals surface area contributed by atoms with Gasteiger partial charge in [-0.15, -0.1) is 0 Å². The molecule has 4 heteroatoms. The molecule has 0 spiro atoms. The number of fused-ring (bicyclic) bond motifs is 1. The number of hydrogen-bond donors (Lipinski definition) is 1. The van der Waals surface area contributed by atoms with Crippen LogP contribution in [0.2, 0.25) is 0 Å². The molecule has 0 atom stereocenters. The Morgan fingerprint density at radius 2 is 2.27 bits per heavy atom. The number of phenols is 1. The summed E-state index contributed by atoms with van der Waals surface area (Å²) in [5.74, 6) is -0.611. The molecule has 1 aliphatic rings. The molecular formula is C11H10FNO2. The molecular weight excluding hydrogens is 197 g/mol. The Hall–Kier alpha value is -1.76. The molecule has 0 fully saturated rings. The third-order valence-electron chi connectivity index (χ3n) is 2.47. The number of ether oxygens (including phenoxy) is 1. The normalized spacial score (nSPS) is 14.7. The zero-order chi connectivity index (χ0) is 10.8. The lowest BCUT2D eigenvalue weighted by Crippen LogP contribution is -1.96. The van der Waals surface area contributed by atoms with Gasteiger partial charge in [0.2, 0.25) is 0 Å². The molecule has 0 saturated carbocycles.